The van der Waals surface area contributed by atoms with Crippen molar-refractivity contribution >= 4 is 11.7 Å². The lowest BCUT2D eigenvalue weighted by Crippen LogP contribution is -2.20. The van der Waals surface area contributed by atoms with Gasteiger partial charge < -0.3 is 14.8 Å². The Labute approximate surface area is 150 Å². The number of hydrogen-bond donors (Lipinski definition) is 1. The molecule has 7 heteroatoms. The number of rotatable bonds is 6. The molecule has 1 heterocycles. The number of carbonyl (C=O) groups excluding carboxylic acids is 1. The monoisotopic (exact) mass is 353 g/mol. The Morgan fingerprint density at radius 3 is 2.50 bits per heavy atom. The Kier molecular flexibility index (Phi) is 5.17. The van der Waals surface area contributed by atoms with Crippen LogP contribution in [0.4, 0.5) is 5.82 Å². The molecule has 0 aliphatic carbocycles. The van der Waals surface area contributed by atoms with E-state index in [1.165, 1.54) is 0 Å². The van der Waals surface area contributed by atoms with Gasteiger partial charge in [0, 0.05) is 5.56 Å². The van der Waals surface area contributed by atoms with Gasteiger partial charge in [0.1, 0.15) is 11.5 Å². The molecule has 1 amide bonds. The fourth-order valence-electron chi connectivity index (χ4n) is 2.43. The van der Waals surface area contributed by atoms with E-state index in [9.17, 15) is 4.79 Å². The van der Waals surface area contributed by atoms with Gasteiger partial charge in [-0.05, 0) is 60.1 Å². The lowest BCUT2D eigenvalue weighted by molar-refractivity contribution is -0.118. The number of benzene rings is 2. The van der Waals surface area contributed by atoms with E-state index >= 15 is 0 Å². The summed E-state index contributed by atoms with van der Waals surface area (Å²) < 4.78 is 15.5. The van der Waals surface area contributed by atoms with Gasteiger partial charge in [-0.3, -0.25) is 4.79 Å². The van der Waals surface area contributed by atoms with Crippen molar-refractivity contribution in [1.29, 1.82) is 0 Å². The van der Waals surface area contributed by atoms with Crippen LogP contribution >= 0.6 is 0 Å². The largest absolute Gasteiger partial charge is 0.497 e. The Hall–Kier alpha value is -3.35. The first-order chi connectivity index (χ1) is 12.6. The molecule has 0 unspecified atom stereocenters. The lowest BCUT2D eigenvalue weighted by atomic mass is 10.1. The minimum atomic E-state index is -0.353. The number of nitrogens with one attached hydrogen (secondary N) is 1. The minimum absolute atomic E-state index is 0.142. The smallest absolute Gasteiger partial charge is 0.263 e. The van der Waals surface area contributed by atoms with Crippen molar-refractivity contribution in [3.05, 3.63) is 53.6 Å². The molecule has 3 aromatic rings. The van der Waals surface area contributed by atoms with Gasteiger partial charge in [0.25, 0.3) is 5.91 Å². The van der Waals surface area contributed by atoms with Crippen molar-refractivity contribution in [2.45, 2.75) is 13.8 Å². The number of methoxy groups -OCH3 is 1. The molecule has 0 fully saturated rings. The number of nitrogens with zero attached hydrogens (tertiary/aromatic N) is 2. The van der Waals surface area contributed by atoms with Gasteiger partial charge >= 0.3 is 0 Å². The predicted octanol–water partition coefficient (Wildman–Crippen LogP) is 3.38. The molecule has 1 aromatic heterocycles. The Morgan fingerprint density at radius 2 is 1.81 bits per heavy atom. The van der Waals surface area contributed by atoms with E-state index < -0.39 is 0 Å². The number of hydrogen-bond acceptors (Lipinski definition) is 6. The van der Waals surface area contributed by atoms with Crippen LogP contribution < -0.4 is 14.8 Å². The molecule has 0 aliphatic heterocycles. The number of ether oxygens (including phenoxy) is 2. The van der Waals surface area contributed by atoms with Gasteiger partial charge in [-0.15, -0.1) is 0 Å². The SMILES string of the molecule is COc1ccc(-c2nonc2NC(=O)COc2ccc(C)cc2)c(C)c1. The molecule has 0 saturated carbocycles. The number of aromatic nitrogens is 2. The summed E-state index contributed by atoms with van der Waals surface area (Å²) in [5.74, 6) is 1.25. The molecule has 134 valence electrons. The quantitative estimate of drug-likeness (QED) is 0.731. The van der Waals surface area contributed by atoms with Crippen LogP contribution in [0, 0.1) is 13.8 Å². The zero-order valence-electron chi connectivity index (χ0n) is 14.8. The van der Waals surface area contributed by atoms with E-state index in [0.29, 0.717) is 11.4 Å². The summed E-state index contributed by atoms with van der Waals surface area (Å²) in [5, 5.41) is 10.3. The van der Waals surface area contributed by atoms with Crippen molar-refractivity contribution < 1.29 is 18.9 Å². The Balaban J connectivity index is 1.68. The van der Waals surface area contributed by atoms with Gasteiger partial charge in [0.15, 0.2) is 12.3 Å². The first-order valence-corrected chi connectivity index (χ1v) is 8.03. The average Bonchev–Trinajstić information content (AvgIpc) is 3.09. The van der Waals surface area contributed by atoms with Crippen LogP contribution in [0.2, 0.25) is 0 Å². The summed E-state index contributed by atoms with van der Waals surface area (Å²) >= 11 is 0. The third-order valence-electron chi connectivity index (χ3n) is 3.83. The molecule has 3 rings (SSSR count). The molecule has 0 bridgehead atoms. The number of aryl methyl sites for hydroxylation is 2. The summed E-state index contributed by atoms with van der Waals surface area (Å²) in [5.41, 5.74) is 3.29. The Bertz CT molecular complexity index is 903. The van der Waals surface area contributed by atoms with E-state index in [2.05, 4.69) is 15.6 Å². The van der Waals surface area contributed by atoms with E-state index in [4.69, 9.17) is 14.1 Å². The highest BCUT2D eigenvalue weighted by molar-refractivity contribution is 5.94. The van der Waals surface area contributed by atoms with E-state index in [0.717, 1.165) is 22.4 Å². The van der Waals surface area contributed by atoms with Crippen LogP contribution in [-0.4, -0.2) is 29.9 Å². The van der Waals surface area contributed by atoms with Crippen LogP contribution in [0.3, 0.4) is 0 Å². The molecule has 0 radical (unpaired) electrons. The zero-order valence-corrected chi connectivity index (χ0v) is 14.8. The normalized spacial score (nSPS) is 10.4. The molecule has 0 aliphatic rings. The third-order valence-corrected chi connectivity index (χ3v) is 3.83. The Morgan fingerprint density at radius 1 is 1.08 bits per heavy atom. The van der Waals surface area contributed by atoms with Crippen LogP contribution in [0.15, 0.2) is 47.1 Å². The maximum absolute atomic E-state index is 12.2. The standard InChI is InChI=1S/C19H19N3O4/c1-12-4-6-14(7-5-12)25-11-17(23)20-19-18(21-26-22-19)16-9-8-15(24-3)10-13(16)2/h4-10H,11H2,1-3H3,(H,20,22,23). The number of anilines is 1. The van der Waals surface area contributed by atoms with Crippen LogP contribution in [0.5, 0.6) is 11.5 Å². The molecular formula is C19H19N3O4. The first kappa shape index (κ1) is 17.5. The van der Waals surface area contributed by atoms with Crippen LogP contribution in [-0.2, 0) is 4.79 Å². The highest BCUT2D eigenvalue weighted by atomic mass is 16.6. The van der Waals surface area contributed by atoms with Gasteiger partial charge in [-0.2, -0.15) is 0 Å². The van der Waals surface area contributed by atoms with E-state index in [-0.39, 0.29) is 18.3 Å². The fourth-order valence-corrected chi connectivity index (χ4v) is 2.43. The highest BCUT2D eigenvalue weighted by Gasteiger charge is 2.17. The van der Waals surface area contributed by atoms with Crippen LogP contribution in [0.1, 0.15) is 11.1 Å². The second-order valence-electron chi connectivity index (χ2n) is 5.79. The molecular weight excluding hydrogens is 334 g/mol. The summed E-state index contributed by atoms with van der Waals surface area (Å²) in [6.07, 6.45) is 0. The third kappa shape index (κ3) is 4.00. The fraction of sp³-hybridized carbons (Fsp3) is 0.211. The highest BCUT2D eigenvalue weighted by Crippen LogP contribution is 2.29. The average molecular weight is 353 g/mol. The molecule has 0 spiro atoms. The first-order valence-electron chi connectivity index (χ1n) is 8.03. The van der Waals surface area contributed by atoms with E-state index in [1.54, 1.807) is 7.11 Å². The lowest BCUT2D eigenvalue weighted by Gasteiger charge is -2.08. The summed E-state index contributed by atoms with van der Waals surface area (Å²) in [7, 11) is 1.60. The maximum Gasteiger partial charge on any atom is 0.263 e. The van der Waals surface area contributed by atoms with Crippen molar-refractivity contribution in [2.75, 3.05) is 19.0 Å². The molecule has 26 heavy (non-hydrogen) atoms. The minimum Gasteiger partial charge on any atom is -0.497 e. The second kappa shape index (κ2) is 7.69. The zero-order chi connectivity index (χ0) is 18.5. The molecule has 2 aromatic carbocycles. The molecule has 7 nitrogen and oxygen atoms in total. The number of carbonyl (C=O) groups is 1. The molecule has 0 saturated heterocycles. The van der Waals surface area contributed by atoms with Crippen molar-refractivity contribution in [3.63, 3.8) is 0 Å². The number of amides is 1. The van der Waals surface area contributed by atoms with Crippen LogP contribution in [0.25, 0.3) is 11.3 Å². The topological polar surface area (TPSA) is 86.5 Å². The van der Waals surface area contributed by atoms with Gasteiger partial charge in [-0.1, -0.05) is 17.7 Å². The van der Waals surface area contributed by atoms with Crippen molar-refractivity contribution in [1.82, 2.24) is 10.3 Å². The van der Waals surface area contributed by atoms with Crippen molar-refractivity contribution in [3.8, 4) is 22.8 Å². The summed E-state index contributed by atoms with van der Waals surface area (Å²) in [6, 6.07) is 13.0. The van der Waals surface area contributed by atoms with Gasteiger partial charge in [-0.25, -0.2) is 4.63 Å². The predicted molar refractivity (Wildman–Crippen MR) is 96.3 cm³/mol. The maximum atomic E-state index is 12.2. The summed E-state index contributed by atoms with van der Waals surface area (Å²) in [6.45, 7) is 3.76. The summed E-state index contributed by atoms with van der Waals surface area (Å²) in [4.78, 5) is 12.2. The van der Waals surface area contributed by atoms with E-state index in [1.807, 2.05) is 56.3 Å². The molecule has 0 atom stereocenters. The van der Waals surface area contributed by atoms with Gasteiger partial charge in [0.2, 0.25) is 5.82 Å². The second-order valence-corrected chi connectivity index (χ2v) is 5.79. The van der Waals surface area contributed by atoms with Gasteiger partial charge in [0.05, 0.1) is 7.11 Å². The molecule has 1 N–H and O–H groups in total. The van der Waals surface area contributed by atoms with Crippen molar-refractivity contribution in [2.24, 2.45) is 0 Å².